The molecule has 2 heterocycles. The maximum atomic E-state index is 12.6. The van der Waals surface area contributed by atoms with E-state index in [1.165, 1.54) is 0 Å². The fourth-order valence-corrected chi connectivity index (χ4v) is 3.36. The van der Waals surface area contributed by atoms with Crippen LogP contribution in [-0.2, 0) is 9.53 Å². The molecule has 1 saturated carbocycles. The van der Waals surface area contributed by atoms with Gasteiger partial charge in [0.05, 0.1) is 23.9 Å². The molecule has 3 fully saturated rings. The third-order valence-electron chi connectivity index (χ3n) is 4.69. The van der Waals surface area contributed by atoms with Crippen molar-refractivity contribution >= 4 is 5.91 Å². The minimum absolute atomic E-state index is 0.180. The number of ether oxygens (including phenoxy) is 1. The molecular formula is C14H24N2O2. The predicted octanol–water partition coefficient (Wildman–Crippen LogP) is 1.50. The zero-order chi connectivity index (χ0) is 12.9. The predicted molar refractivity (Wildman–Crippen MR) is 69.0 cm³/mol. The fourth-order valence-electron chi connectivity index (χ4n) is 3.36. The maximum absolute atomic E-state index is 12.6. The monoisotopic (exact) mass is 252 g/mol. The first-order valence-electron chi connectivity index (χ1n) is 7.27. The lowest BCUT2D eigenvalue weighted by atomic mass is 10.0. The molecule has 0 radical (unpaired) electrons. The summed E-state index contributed by atoms with van der Waals surface area (Å²) in [5, 5.41) is 3.57. The Morgan fingerprint density at radius 3 is 2.61 bits per heavy atom. The molecule has 3 atom stereocenters. The van der Waals surface area contributed by atoms with E-state index in [1.807, 2.05) is 0 Å². The molecule has 3 aliphatic rings. The molecule has 3 unspecified atom stereocenters. The summed E-state index contributed by atoms with van der Waals surface area (Å²) in [5.41, 5.74) is -0.207. The smallest absolute Gasteiger partial charge is 0.244 e. The molecule has 4 nitrogen and oxygen atoms in total. The van der Waals surface area contributed by atoms with Gasteiger partial charge in [0.15, 0.2) is 0 Å². The number of hydrogen-bond acceptors (Lipinski definition) is 3. The minimum atomic E-state index is -0.207. The Kier molecular flexibility index (Phi) is 2.90. The normalized spacial score (nSPS) is 35.8. The van der Waals surface area contributed by atoms with Crippen LogP contribution in [0.2, 0.25) is 0 Å². The van der Waals surface area contributed by atoms with Gasteiger partial charge in [-0.3, -0.25) is 10.1 Å². The van der Waals surface area contributed by atoms with Crippen LogP contribution in [-0.4, -0.2) is 41.3 Å². The van der Waals surface area contributed by atoms with E-state index in [4.69, 9.17) is 4.74 Å². The Labute approximate surface area is 109 Å². The number of nitrogens with zero attached hydrogens (tertiary/aromatic N) is 1. The van der Waals surface area contributed by atoms with E-state index >= 15 is 0 Å². The highest BCUT2D eigenvalue weighted by molar-refractivity contribution is 5.92. The van der Waals surface area contributed by atoms with Gasteiger partial charge < -0.3 is 9.64 Å². The Balaban J connectivity index is 1.80. The number of amides is 1. The molecule has 1 amide bonds. The SMILES string of the molecule is CC(C)C1NC2(CC2)C(=O)N1C(C)C1CCCO1. The Morgan fingerprint density at radius 2 is 2.11 bits per heavy atom. The lowest BCUT2D eigenvalue weighted by molar-refractivity contribution is -0.136. The fraction of sp³-hybridized carbons (Fsp3) is 0.929. The van der Waals surface area contributed by atoms with Crippen LogP contribution in [0.5, 0.6) is 0 Å². The summed E-state index contributed by atoms with van der Waals surface area (Å²) < 4.78 is 5.77. The average Bonchev–Trinajstić information content (AvgIpc) is 2.81. The standard InChI is InChI=1S/C14H24N2O2/c1-9(2)12-15-14(6-7-14)13(17)16(12)10(3)11-5-4-8-18-11/h9-12,15H,4-8H2,1-3H3. The topological polar surface area (TPSA) is 41.6 Å². The molecule has 1 aliphatic carbocycles. The van der Waals surface area contributed by atoms with Gasteiger partial charge in [-0.1, -0.05) is 13.8 Å². The van der Waals surface area contributed by atoms with E-state index in [9.17, 15) is 4.79 Å². The van der Waals surface area contributed by atoms with Gasteiger partial charge >= 0.3 is 0 Å². The summed E-state index contributed by atoms with van der Waals surface area (Å²) in [7, 11) is 0. The molecule has 3 rings (SSSR count). The number of carbonyl (C=O) groups excluding carboxylic acids is 1. The van der Waals surface area contributed by atoms with Crippen LogP contribution in [0.15, 0.2) is 0 Å². The van der Waals surface area contributed by atoms with Gasteiger partial charge in [0, 0.05) is 6.61 Å². The van der Waals surface area contributed by atoms with Gasteiger partial charge in [-0.25, -0.2) is 0 Å². The first-order chi connectivity index (χ1) is 8.55. The number of hydrogen-bond donors (Lipinski definition) is 1. The average molecular weight is 252 g/mol. The molecule has 0 aromatic rings. The van der Waals surface area contributed by atoms with Gasteiger partial charge in [-0.15, -0.1) is 0 Å². The third kappa shape index (κ3) is 1.77. The minimum Gasteiger partial charge on any atom is -0.376 e. The highest BCUT2D eigenvalue weighted by Gasteiger charge is 2.60. The largest absolute Gasteiger partial charge is 0.376 e. The molecule has 0 aromatic heterocycles. The zero-order valence-corrected chi connectivity index (χ0v) is 11.6. The van der Waals surface area contributed by atoms with Gasteiger partial charge in [0.25, 0.3) is 0 Å². The van der Waals surface area contributed by atoms with Crippen LogP contribution in [0.1, 0.15) is 46.5 Å². The Morgan fingerprint density at radius 1 is 1.39 bits per heavy atom. The first kappa shape index (κ1) is 12.4. The van der Waals surface area contributed by atoms with Crippen LogP contribution in [0, 0.1) is 5.92 Å². The summed E-state index contributed by atoms with van der Waals surface area (Å²) in [6.07, 6.45) is 4.63. The molecule has 102 valence electrons. The van der Waals surface area contributed by atoms with E-state index in [1.54, 1.807) is 0 Å². The molecule has 1 spiro atoms. The molecule has 0 aromatic carbocycles. The molecule has 18 heavy (non-hydrogen) atoms. The van der Waals surface area contributed by atoms with E-state index in [0.29, 0.717) is 11.8 Å². The second-order valence-corrected chi connectivity index (χ2v) is 6.42. The van der Waals surface area contributed by atoms with Crippen molar-refractivity contribution in [3.05, 3.63) is 0 Å². The van der Waals surface area contributed by atoms with Crippen molar-refractivity contribution < 1.29 is 9.53 Å². The van der Waals surface area contributed by atoms with Gasteiger partial charge in [-0.05, 0) is 38.5 Å². The van der Waals surface area contributed by atoms with Crippen molar-refractivity contribution in [2.24, 2.45) is 5.92 Å². The summed E-state index contributed by atoms with van der Waals surface area (Å²) in [5.74, 6) is 0.752. The molecule has 2 saturated heterocycles. The summed E-state index contributed by atoms with van der Waals surface area (Å²) in [6, 6.07) is 0.194. The lowest BCUT2D eigenvalue weighted by Gasteiger charge is -2.35. The van der Waals surface area contributed by atoms with Crippen LogP contribution in [0.3, 0.4) is 0 Å². The Bertz CT molecular complexity index is 346. The van der Waals surface area contributed by atoms with Crippen molar-refractivity contribution in [2.75, 3.05) is 6.61 Å². The summed E-state index contributed by atoms with van der Waals surface area (Å²) in [4.78, 5) is 14.7. The van der Waals surface area contributed by atoms with Gasteiger partial charge in [0.2, 0.25) is 5.91 Å². The van der Waals surface area contributed by atoms with E-state index in [-0.39, 0.29) is 23.9 Å². The Hall–Kier alpha value is -0.610. The molecule has 2 aliphatic heterocycles. The highest BCUT2D eigenvalue weighted by atomic mass is 16.5. The van der Waals surface area contributed by atoms with E-state index < -0.39 is 0 Å². The van der Waals surface area contributed by atoms with Gasteiger partial charge in [0.1, 0.15) is 0 Å². The van der Waals surface area contributed by atoms with Crippen LogP contribution < -0.4 is 5.32 Å². The van der Waals surface area contributed by atoms with Crippen molar-refractivity contribution in [2.45, 2.75) is 70.3 Å². The van der Waals surface area contributed by atoms with Crippen LogP contribution >= 0.6 is 0 Å². The van der Waals surface area contributed by atoms with E-state index in [0.717, 1.165) is 32.3 Å². The lowest BCUT2D eigenvalue weighted by Crippen LogP contribution is -2.50. The summed E-state index contributed by atoms with van der Waals surface area (Å²) >= 11 is 0. The van der Waals surface area contributed by atoms with Crippen molar-refractivity contribution in [3.8, 4) is 0 Å². The number of nitrogens with one attached hydrogen (secondary N) is 1. The second kappa shape index (κ2) is 4.20. The molecular weight excluding hydrogens is 228 g/mol. The first-order valence-corrected chi connectivity index (χ1v) is 7.27. The van der Waals surface area contributed by atoms with E-state index in [2.05, 4.69) is 31.0 Å². The quantitative estimate of drug-likeness (QED) is 0.827. The third-order valence-corrected chi connectivity index (χ3v) is 4.69. The highest BCUT2D eigenvalue weighted by Crippen LogP contribution is 2.44. The molecule has 4 heteroatoms. The van der Waals surface area contributed by atoms with Gasteiger partial charge in [-0.2, -0.15) is 0 Å². The number of rotatable bonds is 3. The summed E-state index contributed by atoms with van der Waals surface area (Å²) in [6.45, 7) is 7.36. The van der Waals surface area contributed by atoms with Crippen molar-refractivity contribution in [1.82, 2.24) is 10.2 Å². The molecule has 1 N–H and O–H groups in total. The van der Waals surface area contributed by atoms with Crippen LogP contribution in [0.25, 0.3) is 0 Å². The zero-order valence-electron chi connectivity index (χ0n) is 11.6. The van der Waals surface area contributed by atoms with Crippen molar-refractivity contribution in [3.63, 3.8) is 0 Å². The number of carbonyl (C=O) groups is 1. The maximum Gasteiger partial charge on any atom is 0.244 e. The van der Waals surface area contributed by atoms with Crippen LogP contribution in [0.4, 0.5) is 0 Å². The second-order valence-electron chi connectivity index (χ2n) is 6.42. The van der Waals surface area contributed by atoms with Crippen molar-refractivity contribution in [1.29, 1.82) is 0 Å². The molecule has 0 bridgehead atoms.